The van der Waals surface area contributed by atoms with E-state index in [-0.39, 0.29) is 0 Å². The molecule has 0 aromatic heterocycles. The molecule has 6 heteroatoms. The van der Waals surface area contributed by atoms with E-state index in [9.17, 15) is 14.0 Å². The molecule has 0 aromatic rings. The predicted octanol–water partition coefficient (Wildman–Crippen LogP) is -1.39. The van der Waals surface area contributed by atoms with Gasteiger partial charge in [-0.15, -0.1) is 0 Å². The van der Waals surface area contributed by atoms with Gasteiger partial charge in [0.05, 0.1) is 0 Å². The highest BCUT2D eigenvalue weighted by atomic mass is 19.1. The highest BCUT2D eigenvalue weighted by Gasteiger charge is 2.21. The van der Waals surface area contributed by atoms with Crippen LogP contribution < -0.4 is 11.5 Å². The van der Waals surface area contributed by atoms with Gasteiger partial charge in [-0.2, -0.15) is 0 Å². The molecule has 11 heavy (non-hydrogen) atoms. The molecule has 2 unspecified atom stereocenters. The van der Waals surface area contributed by atoms with Gasteiger partial charge < -0.3 is 16.6 Å². The number of carbonyl (C=O) groups excluding carboxylic acids is 1. The Morgan fingerprint density at radius 1 is 1.55 bits per heavy atom. The van der Waals surface area contributed by atoms with Gasteiger partial charge in [0.15, 0.2) is 6.17 Å². The Morgan fingerprint density at radius 2 is 2.00 bits per heavy atom. The Kier molecular flexibility index (Phi) is 3.46. The Labute approximate surface area is 62.2 Å². The van der Waals surface area contributed by atoms with Gasteiger partial charge in [0, 0.05) is 6.42 Å². The Morgan fingerprint density at radius 3 is 2.27 bits per heavy atom. The highest BCUT2D eigenvalue weighted by molar-refractivity contribution is 5.80. The Bertz CT molecular complexity index is 155. The van der Waals surface area contributed by atoms with Crippen molar-refractivity contribution in [1.82, 2.24) is 0 Å². The number of hydrogen-bond donors (Lipinski definition) is 3. The zero-order valence-corrected chi connectivity index (χ0v) is 5.66. The maximum Gasteiger partial charge on any atom is 0.320 e. The van der Waals surface area contributed by atoms with Gasteiger partial charge in [-0.25, -0.2) is 4.39 Å². The number of carbonyl (C=O) groups is 2. The molecule has 0 aromatic carbocycles. The van der Waals surface area contributed by atoms with Crippen LogP contribution in [-0.2, 0) is 9.59 Å². The third-order valence-electron chi connectivity index (χ3n) is 1.09. The minimum Gasteiger partial charge on any atom is -0.480 e. The van der Waals surface area contributed by atoms with E-state index in [2.05, 4.69) is 5.73 Å². The SMILES string of the molecule is NC(=O)C(F)CC(N)C(=O)O. The molecule has 0 aliphatic rings. The van der Waals surface area contributed by atoms with Crippen LogP contribution in [0.1, 0.15) is 6.42 Å². The number of halogens is 1. The van der Waals surface area contributed by atoms with Crippen LogP contribution in [0.25, 0.3) is 0 Å². The van der Waals surface area contributed by atoms with Crippen LogP contribution in [0.15, 0.2) is 0 Å². The van der Waals surface area contributed by atoms with Gasteiger partial charge in [0.25, 0.3) is 5.91 Å². The first-order valence-corrected chi connectivity index (χ1v) is 2.87. The third-order valence-corrected chi connectivity index (χ3v) is 1.09. The fraction of sp³-hybridized carbons (Fsp3) is 0.600. The van der Waals surface area contributed by atoms with Crippen molar-refractivity contribution in [1.29, 1.82) is 0 Å². The second-order valence-electron chi connectivity index (χ2n) is 2.05. The van der Waals surface area contributed by atoms with E-state index in [4.69, 9.17) is 10.8 Å². The van der Waals surface area contributed by atoms with Crippen molar-refractivity contribution in [2.45, 2.75) is 18.6 Å². The Balaban J connectivity index is 3.84. The minimum atomic E-state index is -1.99. The summed E-state index contributed by atoms with van der Waals surface area (Å²) >= 11 is 0. The number of hydrogen-bond acceptors (Lipinski definition) is 3. The van der Waals surface area contributed by atoms with E-state index in [1.54, 1.807) is 0 Å². The molecule has 0 fully saturated rings. The number of primary amides is 1. The van der Waals surface area contributed by atoms with Crippen LogP contribution in [-0.4, -0.2) is 29.2 Å². The van der Waals surface area contributed by atoms with Gasteiger partial charge in [-0.05, 0) is 0 Å². The first-order chi connectivity index (χ1) is 4.95. The summed E-state index contributed by atoms with van der Waals surface area (Å²) in [6.07, 6.45) is -2.56. The van der Waals surface area contributed by atoms with Gasteiger partial charge in [0.2, 0.25) is 0 Å². The van der Waals surface area contributed by atoms with E-state index >= 15 is 0 Å². The number of nitrogens with two attached hydrogens (primary N) is 2. The number of rotatable bonds is 4. The van der Waals surface area contributed by atoms with Gasteiger partial charge >= 0.3 is 5.97 Å². The van der Waals surface area contributed by atoms with Gasteiger partial charge in [0.1, 0.15) is 6.04 Å². The maximum atomic E-state index is 12.3. The van der Waals surface area contributed by atoms with Crippen LogP contribution in [0, 0.1) is 0 Å². The highest BCUT2D eigenvalue weighted by Crippen LogP contribution is 1.99. The summed E-state index contributed by atoms with van der Waals surface area (Å²) in [6.45, 7) is 0. The fourth-order valence-corrected chi connectivity index (χ4v) is 0.440. The molecule has 0 aliphatic heterocycles. The number of amides is 1. The van der Waals surface area contributed by atoms with Crippen molar-refractivity contribution in [3.05, 3.63) is 0 Å². The van der Waals surface area contributed by atoms with Crippen molar-refractivity contribution in [3.8, 4) is 0 Å². The molecular formula is C5H9FN2O3. The van der Waals surface area contributed by atoms with Gasteiger partial charge in [-0.3, -0.25) is 9.59 Å². The molecule has 0 saturated heterocycles. The lowest BCUT2D eigenvalue weighted by molar-refractivity contribution is -0.139. The van der Waals surface area contributed by atoms with E-state index in [0.717, 1.165) is 0 Å². The summed E-state index contributed by atoms with van der Waals surface area (Å²) in [5.74, 6) is -2.55. The zero-order valence-electron chi connectivity index (χ0n) is 5.66. The Hall–Kier alpha value is -1.17. The van der Waals surface area contributed by atoms with E-state index < -0.39 is 30.5 Å². The summed E-state index contributed by atoms with van der Waals surface area (Å²) in [4.78, 5) is 20.1. The molecule has 64 valence electrons. The summed E-state index contributed by atoms with van der Waals surface area (Å²) in [5, 5.41) is 8.17. The topological polar surface area (TPSA) is 106 Å². The fourth-order valence-electron chi connectivity index (χ4n) is 0.440. The van der Waals surface area contributed by atoms with E-state index in [1.807, 2.05) is 0 Å². The molecule has 5 N–H and O–H groups in total. The number of carboxylic acid groups (broad SMARTS) is 1. The molecule has 0 bridgehead atoms. The molecule has 2 atom stereocenters. The number of carboxylic acids is 1. The molecule has 5 nitrogen and oxygen atoms in total. The average molecular weight is 164 g/mol. The first kappa shape index (κ1) is 9.83. The monoisotopic (exact) mass is 164 g/mol. The average Bonchev–Trinajstić information content (AvgIpc) is 1.87. The van der Waals surface area contributed by atoms with Crippen molar-refractivity contribution >= 4 is 11.9 Å². The summed E-state index contributed by atoms with van der Waals surface area (Å²) in [6, 6.07) is -1.38. The quantitative estimate of drug-likeness (QED) is 0.475. The van der Waals surface area contributed by atoms with Crippen molar-refractivity contribution in [2.75, 3.05) is 0 Å². The lowest BCUT2D eigenvalue weighted by Gasteiger charge is -2.06. The normalized spacial score (nSPS) is 15.5. The number of aliphatic carboxylic acids is 1. The van der Waals surface area contributed by atoms with Crippen LogP contribution in [0.3, 0.4) is 0 Å². The largest absolute Gasteiger partial charge is 0.480 e. The second-order valence-corrected chi connectivity index (χ2v) is 2.05. The van der Waals surface area contributed by atoms with Crippen molar-refractivity contribution in [2.24, 2.45) is 11.5 Å². The van der Waals surface area contributed by atoms with Crippen LogP contribution in [0.2, 0.25) is 0 Å². The van der Waals surface area contributed by atoms with Crippen LogP contribution in [0.5, 0.6) is 0 Å². The summed E-state index contributed by atoms with van der Waals surface area (Å²) in [5.41, 5.74) is 9.43. The molecule has 1 amide bonds. The molecule has 0 aliphatic carbocycles. The molecule has 0 spiro atoms. The molecule has 0 radical (unpaired) electrons. The smallest absolute Gasteiger partial charge is 0.320 e. The third kappa shape index (κ3) is 3.51. The van der Waals surface area contributed by atoms with Crippen molar-refractivity contribution in [3.63, 3.8) is 0 Å². The molecule has 0 rings (SSSR count). The van der Waals surface area contributed by atoms with E-state index in [0.29, 0.717) is 0 Å². The van der Waals surface area contributed by atoms with Crippen LogP contribution >= 0.6 is 0 Å². The maximum absolute atomic E-state index is 12.3. The minimum absolute atomic E-state index is 0.579. The zero-order chi connectivity index (χ0) is 9.02. The lowest BCUT2D eigenvalue weighted by atomic mass is 10.1. The standard InChI is InChI=1S/C5H9FN2O3/c6-2(4(8)9)1-3(7)5(10)11/h2-3H,1,7H2,(H2,8,9)(H,10,11). The lowest BCUT2D eigenvalue weighted by Crippen LogP contribution is -2.37. The van der Waals surface area contributed by atoms with Crippen molar-refractivity contribution < 1.29 is 19.1 Å². The summed E-state index contributed by atoms with van der Waals surface area (Å²) < 4.78 is 12.3. The second kappa shape index (κ2) is 3.87. The molecule has 0 saturated carbocycles. The van der Waals surface area contributed by atoms with E-state index in [1.165, 1.54) is 0 Å². The van der Waals surface area contributed by atoms with Gasteiger partial charge in [-0.1, -0.05) is 0 Å². The first-order valence-electron chi connectivity index (χ1n) is 2.87. The number of alkyl halides is 1. The summed E-state index contributed by atoms with van der Waals surface area (Å²) in [7, 11) is 0. The molecule has 0 heterocycles. The predicted molar refractivity (Wildman–Crippen MR) is 34.3 cm³/mol. The van der Waals surface area contributed by atoms with Crippen LogP contribution in [0.4, 0.5) is 4.39 Å². The molecular weight excluding hydrogens is 155 g/mol.